The van der Waals surface area contributed by atoms with Gasteiger partial charge in [0.05, 0.1) is 0 Å². The molecule has 0 amide bonds. The zero-order valence-corrected chi connectivity index (χ0v) is 58.3. The Morgan fingerprint density at radius 1 is 0.425 bits per heavy atom. The molecule has 0 aliphatic rings. The summed E-state index contributed by atoms with van der Waals surface area (Å²) >= 11 is 0. The van der Waals surface area contributed by atoms with Gasteiger partial charge >= 0.3 is 0 Å². The first-order valence-electron chi connectivity index (χ1n) is 37.3. The van der Waals surface area contributed by atoms with E-state index in [1.165, 1.54) is 283 Å². The molecule has 0 aromatic carbocycles. The molecule has 0 nitrogen and oxygen atoms in total. The van der Waals surface area contributed by atoms with Crippen LogP contribution in [0.5, 0.6) is 0 Å². The van der Waals surface area contributed by atoms with E-state index in [2.05, 4.69) is 153 Å². The van der Waals surface area contributed by atoms with Crippen molar-refractivity contribution < 1.29 is 0 Å². The molecule has 0 rings (SSSR count). The van der Waals surface area contributed by atoms with Crippen LogP contribution in [0.3, 0.4) is 0 Å². The summed E-state index contributed by atoms with van der Waals surface area (Å²) in [6.07, 6.45) is 80.8. The molecule has 9 atom stereocenters. The molecule has 80 heavy (non-hydrogen) atoms. The lowest BCUT2D eigenvalue weighted by Gasteiger charge is -2.64. The third kappa shape index (κ3) is 31.9. The van der Waals surface area contributed by atoms with Crippen LogP contribution in [0.1, 0.15) is 399 Å². The first-order valence-corrected chi connectivity index (χ1v) is 37.3. The summed E-state index contributed by atoms with van der Waals surface area (Å²) in [5.41, 5.74) is 0.254. The van der Waals surface area contributed by atoms with E-state index >= 15 is 0 Å². The highest BCUT2D eigenvalue weighted by atomic mass is 14.7. The molecule has 0 spiro atoms. The first kappa shape index (κ1) is 79.0. The van der Waals surface area contributed by atoms with Gasteiger partial charge in [-0.3, -0.25) is 0 Å². The van der Waals surface area contributed by atoms with E-state index < -0.39 is 0 Å². The maximum absolute atomic E-state index is 4.40. The van der Waals surface area contributed by atoms with E-state index in [1.807, 2.05) is 5.92 Å². The normalized spacial score (nSPS) is 17.4. The third-order valence-corrected chi connectivity index (χ3v) is 20.9. The molecule has 0 aromatic rings. The minimum Gasteiger partial charge on any atom is -0.103 e. The second kappa shape index (κ2) is 52.3. The second-order valence-corrected chi connectivity index (χ2v) is 27.9. The lowest BCUT2D eigenvalue weighted by molar-refractivity contribution is -0.0999. The van der Waals surface area contributed by atoms with Crippen LogP contribution < -0.4 is 0 Å². The van der Waals surface area contributed by atoms with Crippen LogP contribution in [0.15, 0.2) is 49.1 Å². The molecule has 0 aliphatic heterocycles. The molecule has 0 bridgehead atoms. The zero-order chi connectivity index (χ0) is 59.6. The number of allylic oxidation sites excluding steroid dienone is 7. The molecular formula is C80H153. The van der Waals surface area contributed by atoms with Gasteiger partial charge in [-0.15, -0.1) is 6.58 Å². The summed E-state index contributed by atoms with van der Waals surface area (Å²) in [6, 6.07) is 0. The fourth-order valence-corrected chi connectivity index (χ4v) is 16.6. The van der Waals surface area contributed by atoms with Gasteiger partial charge in [0.2, 0.25) is 0 Å². The highest BCUT2D eigenvalue weighted by Gasteiger charge is 2.61. The smallest absolute Gasteiger partial charge is 0.00481 e. The Kier molecular flexibility index (Phi) is 51.6. The number of hydrogen-bond acceptors (Lipinski definition) is 0. The van der Waals surface area contributed by atoms with Crippen molar-refractivity contribution in [1.29, 1.82) is 0 Å². The quantitative estimate of drug-likeness (QED) is 0.0421. The highest BCUT2D eigenvalue weighted by molar-refractivity contribution is 5.25. The summed E-state index contributed by atoms with van der Waals surface area (Å²) in [5, 5.41) is 0. The van der Waals surface area contributed by atoms with Crippen molar-refractivity contribution in [3.8, 4) is 0 Å². The van der Waals surface area contributed by atoms with Gasteiger partial charge < -0.3 is 0 Å². The first-order chi connectivity index (χ1) is 38.9. The largest absolute Gasteiger partial charge is 0.103 e. The zero-order valence-electron chi connectivity index (χ0n) is 58.3. The van der Waals surface area contributed by atoms with Crippen LogP contribution in [-0.2, 0) is 0 Å². The van der Waals surface area contributed by atoms with Crippen molar-refractivity contribution in [1.82, 2.24) is 0 Å². The lowest BCUT2D eigenvalue weighted by atomic mass is 9.39. The van der Waals surface area contributed by atoms with Gasteiger partial charge in [0.15, 0.2) is 0 Å². The van der Waals surface area contributed by atoms with Crippen molar-refractivity contribution in [2.75, 3.05) is 0 Å². The van der Waals surface area contributed by atoms with Crippen molar-refractivity contribution in [2.45, 2.75) is 399 Å². The Bertz CT molecular complexity index is 1390. The molecule has 473 valence electrons. The van der Waals surface area contributed by atoms with Gasteiger partial charge in [0.1, 0.15) is 0 Å². The lowest BCUT2D eigenvalue weighted by Crippen LogP contribution is -2.57. The van der Waals surface area contributed by atoms with Crippen LogP contribution in [0.4, 0.5) is 0 Å². The summed E-state index contributed by atoms with van der Waals surface area (Å²) in [7, 11) is 0. The maximum Gasteiger partial charge on any atom is -0.00481 e. The molecule has 0 aromatic heterocycles. The predicted molar refractivity (Wildman–Crippen MR) is 370 cm³/mol. The van der Waals surface area contributed by atoms with Crippen LogP contribution in [0.2, 0.25) is 0 Å². The fraction of sp³-hybridized carbons (Fsp3) is 0.887. The SMILES string of the molecule is C=CCCC[C](CC(CCC)CCCCC(CC(CCC)CCCCC)C(C)CCC)C(C)(CCC=CC)C(CC=CCC)(CC(CCC)CCCCC)C(C=CCCC)(CC(CCC)CCCCC)CC(CCC)CCCCC. The van der Waals surface area contributed by atoms with Gasteiger partial charge in [-0.05, 0) is 154 Å². The fourth-order valence-electron chi connectivity index (χ4n) is 16.6. The van der Waals surface area contributed by atoms with Gasteiger partial charge in [0.25, 0.3) is 0 Å². The number of rotatable bonds is 60. The molecule has 0 heterocycles. The van der Waals surface area contributed by atoms with Crippen molar-refractivity contribution in [3.63, 3.8) is 0 Å². The minimum absolute atomic E-state index is 0.0676. The van der Waals surface area contributed by atoms with Gasteiger partial charge in [-0.1, -0.05) is 351 Å². The van der Waals surface area contributed by atoms with Gasteiger partial charge in [0, 0.05) is 0 Å². The summed E-state index contributed by atoms with van der Waals surface area (Å²) in [4.78, 5) is 0. The molecule has 0 saturated carbocycles. The predicted octanol–water partition coefficient (Wildman–Crippen LogP) is 28.9. The summed E-state index contributed by atoms with van der Waals surface area (Å²) in [5.74, 6) is 7.73. The standard InChI is InChI=1S/C80H153/c1-17-31-39-55-71(50-26-10)65-76(70(15)49-25-9)60-45-44-56-72(51-27-11)66-77(61-43-35-21-5)78(16,62-46-36-22-6)80(64-48-38-24-8,69-75(54-30-14)59-42-34-20-4)79(63-47-37-23-7,67-73(52-28-12)57-40-32-18-2)68-74(53-29-13)58-41-33-19-3/h21-22,36,38,47-48,63,70-76H,5,17-20,23-35,37,39-46,49-62,64-69H2,1-4,6-16H3. The Morgan fingerprint density at radius 2 is 0.887 bits per heavy atom. The van der Waals surface area contributed by atoms with E-state index in [0.717, 1.165) is 54.3 Å². The maximum atomic E-state index is 4.40. The second-order valence-electron chi connectivity index (χ2n) is 27.9. The molecule has 0 saturated heterocycles. The van der Waals surface area contributed by atoms with Crippen LogP contribution in [0, 0.1) is 63.6 Å². The number of unbranched alkanes of at least 4 members (excludes halogenated alkanes) is 11. The summed E-state index contributed by atoms with van der Waals surface area (Å²) < 4.78 is 0. The highest BCUT2D eigenvalue weighted by Crippen LogP contribution is 2.70. The molecular weight excluding hydrogens is 961 g/mol. The Balaban J connectivity index is 9.05. The van der Waals surface area contributed by atoms with Crippen molar-refractivity contribution in [2.24, 2.45) is 57.7 Å². The van der Waals surface area contributed by atoms with Crippen molar-refractivity contribution >= 4 is 0 Å². The van der Waals surface area contributed by atoms with Crippen LogP contribution in [0.25, 0.3) is 0 Å². The van der Waals surface area contributed by atoms with E-state index in [-0.39, 0.29) is 16.2 Å². The molecule has 0 fully saturated rings. The van der Waals surface area contributed by atoms with Crippen LogP contribution >= 0.6 is 0 Å². The van der Waals surface area contributed by atoms with E-state index in [0.29, 0.717) is 0 Å². The van der Waals surface area contributed by atoms with Gasteiger partial charge in [-0.2, -0.15) is 0 Å². The molecule has 9 unspecified atom stereocenters. The van der Waals surface area contributed by atoms with Gasteiger partial charge in [-0.25, -0.2) is 0 Å². The van der Waals surface area contributed by atoms with Crippen LogP contribution in [-0.4, -0.2) is 0 Å². The van der Waals surface area contributed by atoms with E-state index in [1.54, 1.807) is 0 Å². The molecule has 0 aliphatic carbocycles. The van der Waals surface area contributed by atoms with E-state index in [4.69, 9.17) is 0 Å². The third-order valence-electron chi connectivity index (χ3n) is 20.9. The number of hydrogen-bond donors (Lipinski definition) is 0. The Morgan fingerprint density at radius 3 is 1.36 bits per heavy atom. The van der Waals surface area contributed by atoms with Crippen molar-refractivity contribution in [3.05, 3.63) is 55.0 Å². The molecule has 0 N–H and O–H groups in total. The topological polar surface area (TPSA) is 0 Å². The summed E-state index contributed by atoms with van der Waals surface area (Å²) in [6.45, 7) is 41.9. The molecule has 0 heteroatoms. The average Bonchev–Trinajstić information content (AvgIpc) is 3.43. The monoisotopic (exact) mass is 1110 g/mol. The Hall–Kier alpha value is -1.04. The minimum atomic E-state index is 0.0676. The average molecular weight is 1120 g/mol. The van der Waals surface area contributed by atoms with E-state index in [9.17, 15) is 0 Å². The molecule has 1 radical (unpaired) electrons. The Labute approximate surface area is 509 Å².